The Balaban J connectivity index is 0.977. The third-order valence-electron chi connectivity index (χ3n) is 12.7. The van der Waals surface area contributed by atoms with Crippen LogP contribution in [0.2, 0.25) is 0 Å². The second kappa shape index (κ2) is 14.7. The molecule has 2 heterocycles. The fraction of sp³-hybridized carbons (Fsp3) is 0.690. The molecule has 2 aromatic rings. The molecule has 2 unspecified atom stereocenters. The van der Waals surface area contributed by atoms with Gasteiger partial charge in [0, 0.05) is 42.4 Å². The number of amides is 1. The average molecular weight is 657 g/mol. The van der Waals surface area contributed by atoms with Crippen LogP contribution in [0.25, 0.3) is 0 Å². The minimum absolute atomic E-state index is 0.0256. The molecule has 0 radical (unpaired) electrons. The van der Waals surface area contributed by atoms with Gasteiger partial charge in [-0.05, 0) is 86.9 Å². The van der Waals surface area contributed by atoms with Crippen molar-refractivity contribution >= 4 is 5.91 Å². The van der Waals surface area contributed by atoms with Gasteiger partial charge in [-0.25, -0.2) is 0 Å². The number of rotatable bonds is 17. The number of likely N-dealkylation sites (tertiary alicyclic amines) is 1. The van der Waals surface area contributed by atoms with E-state index >= 15 is 0 Å². The first-order chi connectivity index (χ1) is 23.4. The molecule has 2 aromatic carbocycles. The molecule has 262 valence electrons. The molecule has 6 heteroatoms. The number of aliphatic hydroxyl groups excluding tert-OH is 1. The zero-order valence-electron chi connectivity index (χ0n) is 29.9. The lowest BCUT2D eigenvalue weighted by atomic mass is 9.51. The Labute approximate surface area is 289 Å². The molecule has 7 atom stereocenters. The molecule has 3 fully saturated rings. The zero-order chi connectivity index (χ0) is 33.3. The maximum absolute atomic E-state index is 14.1. The van der Waals surface area contributed by atoms with E-state index in [9.17, 15) is 9.90 Å². The normalized spacial score (nSPS) is 29.8. The number of ether oxygens (including phenoxy) is 2. The standard InChI is InChI=1S/C42H60N2O4/c1-29(2)27-44(38(46)18-14-9-7-5-4-6-8-11-15-30-16-12-10-13-17-30)34-21-20-33-35-25-31-19-22-37(47-3)40-39(31)42(33,41(34)48-40)23-24-43(35)28-32-26-36(32)45/h10,12-13,16-17,19,22,29,32-36,41,45H,4-9,11,14-15,18,20-21,23-28H2,1-3H3/t32?,33-,34+,35+,36?,41-,42-/m0/s1. The van der Waals surface area contributed by atoms with Crippen molar-refractivity contribution < 1.29 is 19.4 Å². The molecule has 5 aliphatic rings. The third-order valence-corrected chi connectivity index (χ3v) is 12.7. The number of hydrogen-bond donors (Lipinski definition) is 1. The Morgan fingerprint density at radius 1 is 1.02 bits per heavy atom. The third kappa shape index (κ3) is 6.65. The molecule has 1 saturated heterocycles. The summed E-state index contributed by atoms with van der Waals surface area (Å²) in [5.74, 6) is 3.48. The summed E-state index contributed by atoms with van der Waals surface area (Å²) >= 11 is 0. The van der Waals surface area contributed by atoms with Gasteiger partial charge in [0.05, 0.1) is 19.3 Å². The quantitative estimate of drug-likeness (QED) is 0.177. The van der Waals surface area contributed by atoms with Gasteiger partial charge in [-0.3, -0.25) is 9.69 Å². The van der Waals surface area contributed by atoms with Crippen molar-refractivity contribution in [3.63, 3.8) is 0 Å². The largest absolute Gasteiger partial charge is 0.493 e. The highest BCUT2D eigenvalue weighted by molar-refractivity contribution is 5.77. The number of methoxy groups -OCH3 is 1. The Hall–Kier alpha value is -2.57. The minimum Gasteiger partial charge on any atom is -0.493 e. The second-order valence-corrected chi connectivity index (χ2v) is 16.3. The Morgan fingerprint density at radius 3 is 2.46 bits per heavy atom. The summed E-state index contributed by atoms with van der Waals surface area (Å²) in [5.41, 5.74) is 4.20. The molecule has 2 saturated carbocycles. The molecule has 0 aromatic heterocycles. The molecule has 2 aliphatic heterocycles. The summed E-state index contributed by atoms with van der Waals surface area (Å²) in [6, 6.07) is 15.8. The number of aryl methyl sites for hydroxylation is 1. The van der Waals surface area contributed by atoms with Gasteiger partial charge in [-0.2, -0.15) is 0 Å². The smallest absolute Gasteiger partial charge is 0.222 e. The lowest BCUT2D eigenvalue weighted by molar-refractivity contribution is -0.143. The lowest BCUT2D eigenvalue weighted by Gasteiger charge is -2.60. The molecule has 1 N–H and O–H groups in total. The lowest BCUT2D eigenvalue weighted by Crippen LogP contribution is -2.69. The highest BCUT2D eigenvalue weighted by atomic mass is 16.5. The van der Waals surface area contributed by atoms with Crippen molar-refractivity contribution in [2.24, 2.45) is 17.8 Å². The van der Waals surface area contributed by atoms with Crippen LogP contribution in [-0.4, -0.2) is 71.8 Å². The van der Waals surface area contributed by atoms with E-state index in [0.29, 0.717) is 36.1 Å². The summed E-state index contributed by atoms with van der Waals surface area (Å²) < 4.78 is 13.0. The number of carbonyl (C=O) groups excluding carboxylic acids is 1. The van der Waals surface area contributed by atoms with E-state index in [1.807, 2.05) is 0 Å². The van der Waals surface area contributed by atoms with Gasteiger partial charge in [0.25, 0.3) is 0 Å². The van der Waals surface area contributed by atoms with Crippen molar-refractivity contribution in [2.45, 2.75) is 140 Å². The summed E-state index contributed by atoms with van der Waals surface area (Å²) in [6.07, 6.45) is 16.7. The molecule has 1 spiro atoms. The van der Waals surface area contributed by atoms with Crippen LogP contribution in [0.1, 0.15) is 114 Å². The topological polar surface area (TPSA) is 62.2 Å². The predicted molar refractivity (Wildman–Crippen MR) is 192 cm³/mol. The van der Waals surface area contributed by atoms with Gasteiger partial charge < -0.3 is 19.5 Å². The predicted octanol–water partition coefficient (Wildman–Crippen LogP) is 7.72. The first-order valence-electron chi connectivity index (χ1n) is 19.5. The monoisotopic (exact) mass is 656 g/mol. The van der Waals surface area contributed by atoms with Crippen LogP contribution < -0.4 is 9.47 Å². The Bertz CT molecular complexity index is 1400. The molecular formula is C42H60N2O4. The van der Waals surface area contributed by atoms with Crippen molar-refractivity contribution in [1.29, 1.82) is 0 Å². The highest BCUT2D eigenvalue weighted by Crippen LogP contribution is 2.64. The average Bonchev–Trinajstić information content (AvgIpc) is 3.67. The molecule has 7 rings (SSSR count). The van der Waals surface area contributed by atoms with E-state index in [2.05, 4.69) is 66.1 Å². The summed E-state index contributed by atoms with van der Waals surface area (Å²) in [5, 5.41) is 10.2. The van der Waals surface area contributed by atoms with E-state index in [1.54, 1.807) is 7.11 Å². The molecule has 3 aliphatic carbocycles. The summed E-state index contributed by atoms with van der Waals surface area (Å²) in [6.45, 7) is 7.34. The molecule has 48 heavy (non-hydrogen) atoms. The van der Waals surface area contributed by atoms with Gasteiger partial charge in [-0.15, -0.1) is 0 Å². The first kappa shape index (κ1) is 33.9. The van der Waals surface area contributed by atoms with Crippen molar-refractivity contribution in [2.75, 3.05) is 26.7 Å². The van der Waals surface area contributed by atoms with Crippen LogP contribution in [0, 0.1) is 17.8 Å². The molecule has 1 amide bonds. The van der Waals surface area contributed by atoms with Gasteiger partial charge >= 0.3 is 0 Å². The zero-order valence-corrected chi connectivity index (χ0v) is 29.9. The van der Waals surface area contributed by atoms with Crippen LogP contribution in [0.5, 0.6) is 11.5 Å². The van der Waals surface area contributed by atoms with E-state index in [1.165, 1.54) is 61.6 Å². The van der Waals surface area contributed by atoms with Crippen molar-refractivity contribution in [3.05, 3.63) is 59.2 Å². The summed E-state index contributed by atoms with van der Waals surface area (Å²) in [7, 11) is 1.76. The SMILES string of the molecule is COc1ccc2c3c1O[C@H]1[C@H](N(CC(C)C)C(=O)CCCCCCCCCCc4ccccc4)CC[C@H]4[C@@H](C2)N(CC2CC2O)CC[C@@]341. The van der Waals surface area contributed by atoms with Crippen molar-refractivity contribution in [3.8, 4) is 11.5 Å². The van der Waals surface area contributed by atoms with Gasteiger partial charge in [0.2, 0.25) is 5.91 Å². The number of nitrogens with zero attached hydrogens (tertiary/aromatic N) is 2. The fourth-order valence-electron chi connectivity index (χ4n) is 10.3. The van der Waals surface area contributed by atoms with Crippen LogP contribution in [0.4, 0.5) is 0 Å². The maximum atomic E-state index is 14.1. The molecule has 2 bridgehead atoms. The van der Waals surface area contributed by atoms with Crippen LogP contribution in [-0.2, 0) is 23.1 Å². The van der Waals surface area contributed by atoms with Gasteiger partial charge in [0.1, 0.15) is 6.10 Å². The second-order valence-electron chi connectivity index (χ2n) is 16.3. The van der Waals surface area contributed by atoms with Gasteiger partial charge in [0.15, 0.2) is 11.5 Å². The van der Waals surface area contributed by atoms with E-state index < -0.39 is 0 Å². The van der Waals surface area contributed by atoms with Crippen LogP contribution >= 0.6 is 0 Å². The number of carbonyl (C=O) groups is 1. The number of piperidine rings is 1. The summed E-state index contributed by atoms with van der Waals surface area (Å²) in [4.78, 5) is 19.1. The minimum atomic E-state index is -0.114. The maximum Gasteiger partial charge on any atom is 0.222 e. The first-order valence-corrected chi connectivity index (χ1v) is 19.5. The van der Waals surface area contributed by atoms with E-state index in [-0.39, 0.29) is 23.7 Å². The number of unbranched alkanes of at least 4 members (excludes halogenated alkanes) is 7. The van der Waals surface area contributed by atoms with Crippen LogP contribution in [0.15, 0.2) is 42.5 Å². The number of aliphatic hydroxyl groups is 1. The van der Waals surface area contributed by atoms with E-state index in [4.69, 9.17) is 9.47 Å². The van der Waals surface area contributed by atoms with Crippen molar-refractivity contribution in [1.82, 2.24) is 9.80 Å². The number of benzene rings is 2. The molecular weight excluding hydrogens is 596 g/mol. The fourth-order valence-corrected chi connectivity index (χ4v) is 10.3. The number of hydrogen-bond acceptors (Lipinski definition) is 5. The molecule has 6 nitrogen and oxygen atoms in total. The van der Waals surface area contributed by atoms with Gasteiger partial charge in [-0.1, -0.05) is 88.8 Å². The Kier molecular flexibility index (Phi) is 10.4. The Morgan fingerprint density at radius 2 is 1.75 bits per heavy atom. The van der Waals surface area contributed by atoms with E-state index in [0.717, 1.165) is 76.1 Å². The van der Waals surface area contributed by atoms with Crippen LogP contribution in [0.3, 0.4) is 0 Å². The highest BCUT2D eigenvalue weighted by Gasteiger charge is 2.67.